The molecule has 0 aromatic rings. The van der Waals surface area contributed by atoms with E-state index in [9.17, 15) is 0 Å². The summed E-state index contributed by atoms with van der Waals surface area (Å²) in [6.45, 7) is 0. The average Bonchev–Trinajstić information content (AvgIpc) is 0. The molecule has 4 heteroatoms. The zero-order chi connectivity index (χ0) is 0. The SMILES string of the molecule is [Cu].[Nb].[Nb].[Nb]. The first-order valence-corrected chi connectivity index (χ1v) is 0. The minimum absolute atomic E-state index is 0. The predicted octanol–water partition coefficient (Wildman–Crippen LogP) is -0.0100. The van der Waals surface area contributed by atoms with E-state index in [1.807, 2.05) is 0 Å². The van der Waals surface area contributed by atoms with E-state index < -0.39 is 0 Å². The summed E-state index contributed by atoms with van der Waals surface area (Å²) in [5.74, 6) is 0. The molecule has 0 aliphatic rings. The van der Waals surface area contributed by atoms with E-state index in [-0.39, 0.29) is 84.2 Å². The van der Waals surface area contributed by atoms with Crippen LogP contribution in [0.15, 0.2) is 0 Å². The van der Waals surface area contributed by atoms with E-state index in [1.165, 1.54) is 0 Å². The molecule has 0 aromatic heterocycles. The summed E-state index contributed by atoms with van der Waals surface area (Å²) in [4.78, 5) is 0. The van der Waals surface area contributed by atoms with E-state index in [0.717, 1.165) is 0 Å². The molecule has 0 unspecified atom stereocenters. The molecule has 4 heavy (non-hydrogen) atoms. The third-order valence-corrected chi connectivity index (χ3v) is 0. The number of rotatable bonds is 0. The van der Waals surface area contributed by atoms with Crippen molar-refractivity contribution in [3.8, 4) is 0 Å². The smallest absolute Gasteiger partial charge is 0 e. The van der Waals surface area contributed by atoms with Crippen LogP contribution in [0.4, 0.5) is 0 Å². The Bertz CT molecular complexity index is 3.25. The van der Waals surface area contributed by atoms with Gasteiger partial charge in [0.25, 0.3) is 0 Å². The summed E-state index contributed by atoms with van der Waals surface area (Å²) < 4.78 is 0. The van der Waals surface area contributed by atoms with E-state index in [2.05, 4.69) is 0 Å². The van der Waals surface area contributed by atoms with Crippen LogP contribution in [-0.4, -0.2) is 0 Å². The molecule has 0 spiro atoms. The molecule has 0 fully saturated rings. The Balaban J connectivity index is 0. The molecule has 0 saturated carbocycles. The largest absolute Gasteiger partial charge is 0 e. The molecule has 0 atom stereocenters. The first-order valence-electron chi connectivity index (χ1n) is 0. The van der Waals surface area contributed by atoms with Crippen LogP contribution >= 0.6 is 0 Å². The molecule has 0 bridgehead atoms. The van der Waals surface area contributed by atoms with Gasteiger partial charge in [0.2, 0.25) is 0 Å². The molecule has 26 valence electrons. The zero-order valence-corrected chi connectivity index (χ0v) is 9.18. The van der Waals surface area contributed by atoms with Crippen LogP contribution in [0.2, 0.25) is 0 Å². The van der Waals surface area contributed by atoms with Gasteiger partial charge < -0.3 is 0 Å². The van der Waals surface area contributed by atoms with E-state index in [0.29, 0.717) is 0 Å². The van der Waals surface area contributed by atoms with Crippen LogP contribution in [-0.2, 0) is 84.2 Å². The number of hydrogen-bond acceptors (Lipinski definition) is 0. The third-order valence-electron chi connectivity index (χ3n) is 0. The Hall–Kier alpha value is 2.74. The maximum atomic E-state index is 0. The van der Waals surface area contributed by atoms with Crippen molar-refractivity contribution in [1.29, 1.82) is 0 Å². The Morgan fingerprint density at radius 3 is 0.500 bits per heavy atom. The maximum absolute atomic E-state index is 0. The normalized spacial score (nSPS) is 0. The van der Waals surface area contributed by atoms with Crippen molar-refractivity contribution in [2.24, 2.45) is 0 Å². The van der Waals surface area contributed by atoms with Gasteiger partial charge in [0.15, 0.2) is 0 Å². The van der Waals surface area contributed by atoms with Crippen molar-refractivity contribution in [1.82, 2.24) is 0 Å². The average molecular weight is 342 g/mol. The molecule has 0 amide bonds. The first-order chi connectivity index (χ1) is 0. The second-order valence-electron chi connectivity index (χ2n) is 0. The molecular formula is CuNb3. The first kappa shape index (κ1) is 29.6. The molecule has 0 heterocycles. The van der Waals surface area contributed by atoms with Gasteiger partial charge in [-0.2, -0.15) is 0 Å². The molecule has 0 aliphatic carbocycles. The second kappa shape index (κ2) is 17.2. The van der Waals surface area contributed by atoms with Crippen molar-refractivity contribution in [3.63, 3.8) is 0 Å². The predicted molar refractivity (Wildman–Crippen MR) is 0 cm³/mol. The van der Waals surface area contributed by atoms with E-state index in [4.69, 9.17) is 0 Å². The Labute approximate surface area is 82.9 Å². The number of hydrogen-bond donors (Lipinski definition) is 0. The van der Waals surface area contributed by atoms with Crippen LogP contribution in [0, 0.1) is 0 Å². The quantitative estimate of drug-likeness (QED) is 0.544. The summed E-state index contributed by atoms with van der Waals surface area (Å²) in [5.41, 5.74) is 0. The third kappa shape index (κ3) is 8.83. The minimum Gasteiger partial charge on any atom is 0 e. The van der Waals surface area contributed by atoms with Gasteiger partial charge >= 0.3 is 0 Å². The molecule has 0 N–H and O–H groups in total. The van der Waals surface area contributed by atoms with Gasteiger partial charge in [-0.05, 0) is 0 Å². The Kier molecular flexibility index (Phi) is 127. The molecule has 0 aromatic carbocycles. The van der Waals surface area contributed by atoms with Crippen LogP contribution in [0.3, 0.4) is 0 Å². The Morgan fingerprint density at radius 1 is 0.500 bits per heavy atom. The van der Waals surface area contributed by atoms with Crippen LogP contribution in [0.25, 0.3) is 0 Å². The maximum Gasteiger partial charge on any atom is 0 e. The fourth-order valence-electron chi connectivity index (χ4n) is 0. The molecule has 0 saturated heterocycles. The van der Waals surface area contributed by atoms with Crippen molar-refractivity contribution in [2.45, 2.75) is 0 Å². The van der Waals surface area contributed by atoms with E-state index in [1.54, 1.807) is 0 Å². The van der Waals surface area contributed by atoms with Crippen molar-refractivity contribution in [2.75, 3.05) is 0 Å². The van der Waals surface area contributed by atoms with Crippen molar-refractivity contribution in [3.05, 3.63) is 0 Å². The summed E-state index contributed by atoms with van der Waals surface area (Å²) in [6.07, 6.45) is 0. The van der Waals surface area contributed by atoms with Crippen LogP contribution in [0.1, 0.15) is 0 Å². The second-order valence-corrected chi connectivity index (χ2v) is 0. The van der Waals surface area contributed by atoms with Crippen LogP contribution in [0.5, 0.6) is 0 Å². The summed E-state index contributed by atoms with van der Waals surface area (Å²) in [7, 11) is 0. The molecule has 4 radical (unpaired) electrons. The van der Waals surface area contributed by atoms with Gasteiger partial charge in [-0.15, -0.1) is 0 Å². The van der Waals surface area contributed by atoms with Crippen molar-refractivity contribution >= 4 is 0 Å². The van der Waals surface area contributed by atoms with Gasteiger partial charge in [0, 0.05) is 84.2 Å². The summed E-state index contributed by atoms with van der Waals surface area (Å²) in [6, 6.07) is 0. The van der Waals surface area contributed by atoms with Crippen molar-refractivity contribution < 1.29 is 84.2 Å². The molecule has 0 nitrogen and oxygen atoms in total. The molecule has 0 rings (SSSR count). The zero-order valence-electron chi connectivity index (χ0n) is 1.64. The fraction of sp³-hybridized carbons (Fsp3) is 0. The topological polar surface area (TPSA) is 0 Å². The fourth-order valence-corrected chi connectivity index (χ4v) is 0. The summed E-state index contributed by atoms with van der Waals surface area (Å²) in [5, 5.41) is 0. The van der Waals surface area contributed by atoms with E-state index >= 15 is 0 Å². The van der Waals surface area contributed by atoms with Gasteiger partial charge in [0.1, 0.15) is 0 Å². The molecular weight excluding hydrogens is 342 g/mol. The summed E-state index contributed by atoms with van der Waals surface area (Å²) >= 11 is 0. The van der Waals surface area contributed by atoms with Gasteiger partial charge in [0.05, 0.1) is 0 Å². The Morgan fingerprint density at radius 2 is 0.500 bits per heavy atom. The monoisotopic (exact) mass is 342 g/mol. The van der Waals surface area contributed by atoms with Gasteiger partial charge in [-0.25, -0.2) is 0 Å². The van der Waals surface area contributed by atoms with Gasteiger partial charge in [-0.1, -0.05) is 0 Å². The standard InChI is InChI=1S/Cu.3Nb. The van der Waals surface area contributed by atoms with Crippen LogP contribution < -0.4 is 0 Å². The minimum atomic E-state index is 0. The molecule has 0 aliphatic heterocycles. The van der Waals surface area contributed by atoms with Gasteiger partial charge in [-0.3, -0.25) is 0 Å².